The Kier molecular flexibility index (Phi) is 8.42. The van der Waals surface area contributed by atoms with E-state index in [1.807, 2.05) is 11.3 Å². The van der Waals surface area contributed by atoms with Crippen LogP contribution in [0.2, 0.25) is 0 Å². The summed E-state index contributed by atoms with van der Waals surface area (Å²) in [6.07, 6.45) is 0. The van der Waals surface area contributed by atoms with Crippen LogP contribution in [0.15, 0.2) is 224 Å². The molecule has 1 heterocycles. The van der Waals surface area contributed by atoms with Gasteiger partial charge in [-0.25, -0.2) is 0 Å². The molecular formula is C56H37NS. The van der Waals surface area contributed by atoms with Gasteiger partial charge in [0.05, 0.1) is 5.69 Å². The molecule has 0 bridgehead atoms. The summed E-state index contributed by atoms with van der Waals surface area (Å²) in [5, 5.41) is 7.59. The molecule has 0 radical (unpaired) electrons. The van der Waals surface area contributed by atoms with Crippen LogP contribution in [0.25, 0.3) is 86.2 Å². The van der Waals surface area contributed by atoms with Crippen LogP contribution in [0.1, 0.15) is 0 Å². The molecule has 11 rings (SSSR count). The highest BCUT2D eigenvalue weighted by Crippen LogP contribution is 2.47. The maximum absolute atomic E-state index is 2.44. The first-order valence-corrected chi connectivity index (χ1v) is 20.7. The summed E-state index contributed by atoms with van der Waals surface area (Å²) in [5.41, 5.74) is 13.0. The van der Waals surface area contributed by atoms with Crippen molar-refractivity contribution in [2.45, 2.75) is 0 Å². The minimum atomic E-state index is 1.10. The first-order valence-electron chi connectivity index (χ1n) is 19.8. The third kappa shape index (κ3) is 5.86. The SMILES string of the molecule is c1ccc(-c2ccccc2N(c2cccc(-c3ccc4c(c3)c(-c3ccccc3)c(-c3ccccc3)c3ccccc34)c2)c2ccc3sc4ccccc4c3c2)cc1. The van der Waals surface area contributed by atoms with E-state index in [-0.39, 0.29) is 0 Å². The zero-order valence-electron chi connectivity index (χ0n) is 31.7. The second-order valence-electron chi connectivity index (χ2n) is 14.8. The van der Waals surface area contributed by atoms with E-state index in [4.69, 9.17) is 0 Å². The van der Waals surface area contributed by atoms with Crippen LogP contribution in [0, 0.1) is 0 Å². The van der Waals surface area contributed by atoms with Crippen LogP contribution < -0.4 is 4.90 Å². The van der Waals surface area contributed by atoms with Gasteiger partial charge in [-0.05, 0) is 109 Å². The van der Waals surface area contributed by atoms with E-state index in [1.54, 1.807) is 0 Å². The van der Waals surface area contributed by atoms with Gasteiger partial charge in [0, 0.05) is 37.1 Å². The maximum Gasteiger partial charge on any atom is 0.0540 e. The van der Waals surface area contributed by atoms with Gasteiger partial charge < -0.3 is 4.90 Å². The van der Waals surface area contributed by atoms with Gasteiger partial charge in [0.15, 0.2) is 0 Å². The molecule has 0 aliphatic rings. The van der Waals surface area contributed by atoms with Crippen LogP contribution in [0.3, 0.4) is 0 Å². The van der Waals surface area contributed by atoms with E-state index in [9.17, 15) is 0 Å². The number of hydrogen-bond acceptors (Lipinski definition) is 2. The molecule has 0 unspecified atom stereocenters. The van der Waals surface area contributed by atoms with Crippen LogP contribution in [-0.4, -0.2) is 0 Å². The van der Waals surface area contributed by atoms with E-state index in [0.717, 1.165) is 22.6 Å². The van der Waals surface area contributed by atoms with Crippen molar-refractivity contribution in [3.8, 4) is 44.5 Å². The molecule has 0 atom stereocenters. The maximum atomic E-state index is 2.44. The van der Waals surface area contributed by atoms with Crippen molar-refractivity contribution in [1.29, 1.82) is 0 Å². The van der Waals surface area contributed by atoms with E-state index in [1.165, 1.54) is 80.7 Å². The summed E-state index contributed by atoms with van der Waals surface area (Å²) >= 11 is 1.86. The fraction of sp³-hybridized carbons (Fsp3) is 0. The molecule has 1 aromatic heterocycles. The fourth-order valence-electron chi connectivity index (χ4n) is 8.82. The molecule has 0 saturated heterocycles. The summed E-state index contributed by atoms with van der Waals surface area (Å²) in [4.78, 5) is 2.44. The number of rotatable bonds is 7. The number of para-hydroxylation sites is 1. The Labute approximate surface area is 342 Å². The molecule has 272 valence electrons. The third-order valence-electron chi connectivity index (χ3n) is 11.4. The standard InChI is InChI=1S/C56H37NS/c1-4-17-38(18-5-1)45-25-12-14-29-52(45)57(44-32-34-54-50(37-44)48-27-13-15-30-53(48)58-54)43-24-16-23-41(35-43)42-31-33-47-46-26-10-11-28-49(46)55(39-19-6-2-7-20-39)56(51(47)36-42)40-21-8-3-9-22-40/h1-37H. The van der Waals surface area contributed by atoms with Crippen LogP contribution in [-0.2, 0) is 0 Å². The molecule has 1 nitrogen and oxygen atoms in total. The normalized spacial score (nSPS) is 11.4. The minimum absolute atomic E-state index is 1.10. The number of benzene rings is 10. The first-order chi connectivity index (χ1) is 28.8. The van der Waals surface area contributed by atoms with E-state index >= 15 is 0 Å². The molecular weight excluding hydrogens is 719 g/mol. The Bertz CT molecular complexity index is 3270. The summed E-state index contributed by atoms with van der Waals surface area (Å²) in [6, 6.07) is 82.0. The van der Waals surface area contributed by atoms with Gasteiger partial charge in [-0.2, -0.15) is 0 Å². The van der Waals surface area contributed by atoms with Crippen molar-refractivity contribution in [1.82, 2.24) is 0 Å². The van der Waals surface area contributed by atoms with Crippen molar-refractivity contribution in [2.24, 2.45) is 0 Å². The van der Waals surface area contributed by atoms with Gasteiger partial charge in [-0.15, -0.1) is 11.3 Å². The molecule has 58 heavy (non-hydrogen) atoms. The molecule has 0 aliphatic carbocycles. The first kappa shape index (κ1) is 34.0. The average Bonchev–Trinajstić information content (AvgIpc) is 3.68. The Morgan fingerprint density at radius 2 is 0.810 bits per heavy atom. The van der Waals surface area contributed by atoms with Crippen LogP contribution in [0.4, 0.5) is 17.1 Å². The number of anilines is 3. The van der Waals surface area contributed by atoms with Crippen LogP contribution >= 0.6 is 11.3 Å². The van der Waals surface area contributed by atoms with Gasteiger partial charge in [0.1, 0.15) is 0 Å². The number of hydrogen-bond donors (Lipinski definition) is 0. The Morgan fingerprint density at radius 1 is 0.276 bits per heavy atom. The predicted molar refractivity (Wildman–Crippen MR) is 251 cm³/mol. The number of thiophene rings is 1. The van der Waals surface area contributed by atoms with Gasteiger partial charge in [0.2, 0.25) is 0 Å². The van der Waals surface area contributed by atoms with E-state index in [0.29, 0.717) is 0 Å². The molecule has 0 spiro atoms. The topological polar surface area (TPSA) is 3.24 Å². The lowest BCUT2D eigenvalue weighted by atomic mass is 9.84. The number of fused-ring (bicyclic) bond motifs is 6. The molecule has 0 N–H and O–H groups in total. The number of nitrogens with zero attached hydrogens (tertiary/aromatic N) is 1. The Balaban J connectivity index is 1.14. The highest BCUT2D eigenvalue weighted by Gasteiger charge is 2.21. The summed E-state index contributed by atoms with van der Waals surface area (Å²) < 4.78 is 2.60. The highest BCUT2D eigenvalue weighted by atomic mass is 32.1. The molecule has 11 aromatic rings. The van der Waals surface area contributed by atoms with Crippen molar-refractivity contribution in [3.63, 3.8) is 0 Å². The largest absolute Gasteiger partial charge is 0.310 e. The van der Waals surface area contributed by atoms with Gasteiger partial charge in [0.25, 0.3) is 0 Å². The molecule has 10 aromatic carbocycles. The van der Waals surface area contributed by atoms with Crippen molar-refractivity contribution < 1.29 is 0 Å². The molecule has 0 amide bonds. The smallest absolute Gasteiger partial charge is 0.0540 e. The lowest BCUT2D eigenvalue weighted by Gasteiger charge is -2.28. The second-order valence-corrected chi connectivity index (χ2v) is 15.9. The Hall–Kier alpha value is -7.26. The zero-order chi connectivity index (χ0) is 38.4. The summed E-state index contributed by atoms with van der Waals surface area (Å²) in [6.45, 7) is 0. The average molecular weight is 756 g/mol. The predicted octanol–water partition coefficient (Wildman–Crippen LogP) is 16.5. The fourth-order valence-corrected chi connectivity index (χ4v) is 9.90. The molecule has 0 aliphatic heterocycles. The Morgan fingerprint density at radius 3 is 1.57 bits per heavy atom. The zero-order valence-corrected chi connectivity index (χ0v) is 32.5. The van der Waals surface area contributed by atoms with Crippen LogP contribution in [0.5, 0.6) is 0 Å². The molecule has 0 saturated carbocycles. The van der Waals surface area contributed by atoms with Crippen molar-refractivity contribution >= 4 is 70.1 Å². The summed E-state index contributed by atoms with van der Waals surface area (Å²) in [7, 11) is 0. The lowest BCUT2D eigenvalue weighted by Crippen LogP contribution is -2.11. The van der Waals surface area contributed by atoms with E-state index in [2.05, 4.69) is 229 Å². The van der Waals surface area contributed by atoms with E-state index < -0.39 is 0 Å². The highest BCUT2D eigenvalue weighted by molar-refractivity contribution is 7.25. The van der Waals surface area contributed by atoms with Crippen molar-refractivity contribution in [3.05, 3.63) is 224 Å². The molecule has 2 heteroatoms. The second kappa shape index (κ2) is 14.4. The monoisotopic (exact) mass is 755 g/mol. The minimum Gasteiger partial charge on any atom is -0.310 e. The van der Waals surface area contributed by atoms with Gasteiger partial charge in [-0.3, -0.25) is 0 Å². The summed E-state index contributed by atoms with van der Waals surface area (Å²) in [5.74, 6) is 0. The third-order valence-corrected chi connectivity index (χ3v) is 12.6. The quantitative estimate of drug-likeness (QED) is 0.146. The molecule has 0 fully saturated rings. The lowest BCUT2D eigenvalue weighted by molar-refractivity contribution is 1.29. The van der Waals surface area contributed by atoms with Crippen molar-refractivity contribution in [2.75, 3.05) is 4.90 Å². The van der Waals surface area contributed by atoms with Gasteiger partial charge >= 0.3 is 0 Å². The van der Waals surface area contributed by atoms with Gasteiger partial charge in [-0.1, -0.05) is 176 Å².